The Bertz CT molecular complexity index is 754. The van der Waals surface area contributed by atoms with Crippen molar-refractivity contribution >= 4 is 11.7 Å². The summed E-state index contributed by atoms with van der Waals surface area (Å²) in [5.41, 5.74) is -0.597. The van der Waals surface area contributed by atoms with E-state index >= 15 is 0 Å². The van der Waals surface area contributed by atoms with Gasteiger partial charge >= 0.3 is 6.18 Å². The second-order valence-electron chi connectivity index (χ2n) is 8.36. The number of nitrogens with zero attached hydrogens (tertiary/aromatic N) is 2. The standard InChI is InChI=1S/C18H22F5N3O/c1-26-15(24-12(27)9-16(5-6-16)18(21,22)23)13(10-3-2-4-10)14(25-26)11-7-17(19,20)8-11/h10-11H,2-9H2,1H3,(H,24,27). The average molecular weight is 391 g/mol. The molecule has 27 heavy (non-hydrogen) atoms. The first-order valence-electron chi connectivity index (χ1n) is 9.33. The first-order chi connectivity index (χ1) is 12.5. The largest absolute Gasteiger partial charge is 0.395 e. The number of aromatic nitrogens is 2. The fraction of sp³-hybridized carbons (Fsp3) is 0.778. The van der Waals surface area contributed by atoms with Gasteiger partial charge in [-0.1, -0.05) is 6.42 Å². The zero-order valence-corrected chi connectivity index (χ0v) is 15.0. The number of amides is 1. The number of hydrogen-bond acceptors (Lipinski definition) is 2. The Kier molecular flexibility index (Phi) is 4.09. The van der Waals surface area contributed by atoms with Crippen molar-refractivity contribution in [3.8, 4) is 0 Å². The fourth-order valence-electron chi connectivity index (χ4n) is 4.16. The average Bonchev–Trinajstić information content (AvgIpc) is 3.18. The number of halogens is 5. The number of anilines is 1. The van der Waals surface area contributed by atoms with Gasteiger partial charge in [0.25, 0.3) is 0 Å². The van der Waals surface area contributed by atoms with Gasteiger partial charge < -0.3 is 5.32 Å². The molecule has 3 fully saturated rings. The van der Waals surface area contributed by atoms with E-state index < -0.39 is 29.8 Å². The van der Waals surface area contributed by atoms with Gasteiger partial charge in [-0.15, -0.1) is 0 Å². The SMILES string of the molecule is Cn1nc(C2CC(F)(F)C2)c(C2CCC2)c1NC(=O)CC1(C(F)(F)F)CC1. The molecular weight excluding hydrogens is 369 g/mol. The molecule has 1 N–H and O–H groups in total. The van der Waals surface area contributed by atoms with Gasteiger partial charge in [-0.25, -0.2) is 8.78 Å². The summed E-state index contributed by atoms with van der Waals surface area (Å²) in [6, 6.07) is 0. The number of aryl methyl sites for hydroxylation is 1. The van der Waals surface area contributed by atoms with Crippen molar-refractivity contribution in [1.29, 1.82) is 0 Å². The summed E-state index contributed by atoms with van der Waals surface area (Å²) in [6.07, 6.45) is -2.86. The molecule has 3 aliphatic carbocycles. The molecule has 0 radical (unpaired) electrons. The molecule has 0 bridgehead atoms. The number of rotatable bonds is 5. The lowest BCUT2D eigenvalue weighted by atomic mass is 9.73. The molecule has 0 saturated heterocycles. The third-order valence-corrected chi connectivity index (χ3v) is 6.31. The summed E-state index contributed by atoms with van der Waals surface area (Å²) < 4.78 is 67.4. The molecule has 1 amide bonds. The third-order valence-electron chi connectivity index (χ3n) is 6.31. The van der Waals surface area contributed by atoms with Crippen LogP contribution in [-0.4, -0.2) is 27.8 Å². The van der Waals surface area contributed by atoms with Gasteiger partial charge in [0.05, 0.1) is 11.1 Å². The Labute approximate surface area is 153 Å². The predicted octanol–water partition coefficient (Wildman–Crippen LogP) is 4.87. The van der Waals surface area contributed by atoms with E-state index in [0.717, 1.165) is 24.8 Å². The van der Waals surface area contributed by atoms with Crippen LogP contribution in [0.4, 0.5) is 27.8 Å². The summed E-state index contributed by atoms with van der Waals surface area (Å²) in [5.74, 6) is -3.26. The Morgan fingerprint density at radius 2 is 1.85 bits per heavy atom. The van der Waals surface area contributed by atoms with E-state index in [1.165, 1.54) is 4.68 Å². The zero-order valence-electron chi connectivity index (χ0n) is 15.0. The molecule has 0 spiro atoms. The van der Waals surface area contributed by atoms with Gasteiger partial charge in [0.15, 0.2) is 0 Å². The van der Waals surface area contributed by atoms with Crippen LogP contribution >= 0.6 is 0 Å². The van der Waals surface area contributed by atoms with Crippen LogP contribution in [0.3, 0.4) is 0 Å². The number of alkyl halides is 5. The van der Waals surface area contributed by atoms with Gasteiger partial charge in [-0.3, -0.25) is 9.48 Å². The molecule has 1 aromatic heterocycles. The minimum absolute atomic E-state index is 0.0345. The lowest BCUT2D eigenvalue weighted by Crippen LogP contribution is -2.34. The summed E-state index contributed by atoms with van der Waals surface area (Å²) >= 11 is 0. The van der Waals surface area contributed by atoms with E-state index in [9.17, 15) is 26.7 Å². The summed E-state index contributed by atoms with van der Waals surface area (Å²) in [5, 5.41) is 6.98. The Morgan fingerprint density at radius 1 is 1.22 bits per heavy atom. The van der Waals surface area contributed by atoms with Crippen molar-refractivity contribution in [1.82, 2.24) is 9.78 Å². The van der Waals surface area contributed by atoms with Crippen molar-refractivity contribution in [2.24, 2.45) is 12.5 Å². The molecule has 9 heteroatoms. The highest BCUT2D eigenvalue weighted by molar-refractivity contribution is 5.91. The maximum atomic E-state index is 13.3. The second-order valence-corrected chi connectivity index (χ2v) is 8.36. The lowest BCUT2D eigenvalue weighted by molar-refractivity contribution is -0.189. The quantitative estimate of drug-likeness (QED) is 0.728. The number of nitrogens with one attached hydrogen (secondary N) is 1. The minimum atomic E-state index is -4.39. The molecular formula is C18H22F5N3O. The van der Waals surface area contributed by atoms with Gasteiger partial charge in [-0.05, 0) is 31.6 Å². The van der Waals surface area contributed by atoms with Crippen LogP contribution in [0.1, 0.15) is 74.5 Å². The molecule has 4 nitrogen and oxygen atoms in total. The Balaban J connectivity index is 1.55. The fourth-order valence-corrected chi connectivity index (χ4v) is 4.16. The summed E-state index contributed by atoms with van der Waals surface area (Å²) in [6.45, 7) is 0. The van der Waals surface area contributed by atoms with Gasteiger partial charge in [0.2, 0.25) is 11.8 Å². The van der Waals surface area contributed by atoms with Crippen LogP contribution in [0.5, 0.6) is 0 Å². The molecule has 0 aliphatic heterocycles. The van der Waals surface area contributed by atoms with E-state index in [-0.39, 0.29) is 37.5 Å². The van der Waals surface area contributed by atoms with E-state index in [0.29, 0.717) is 11.5 Å². The van der Waals surface area contributed by atoms with Crippen LogP contribution < -0.4 is 5.32 Å². The van der Waals surface area contributed by atoms with E-state index in [4.69, 9.17) is 0 Å². The maximum Gasteiger partial charge on any atom is 0.395 e. The number of carbonyl (C=O) groups is 1. The highest BCUT2D eigenvalue weighted by Crippen LogP contribution is 2.60. The van der Waals surface area contributed by atoms with Crippen molar-refractivity contribution in [3.63, 3.8) is 0 Å². The van der Waals surface area contributed by atoms with Gasteiger partial charge in [0, 0.05) is 37.8 Å². The van der Waals surface area contributed by atoms with Crippen molar-refractivity contribution in [2.75, 3.05) is 5.32 Å². The van der Waals surface area contributed by atoms with E-state index in [1.807, 2.05) is 0 Å². The first-order valence-corrected chi connectivity index (χ1v) is 9.33. The van der Waals surface area contributed by atoms with Crippen molar-refractivity contribution in [2.45, 2.75) is 75.3 Å². The van der Waals surface area contributed by atoms with Gasteiger partial charge in [0.1, 0.15) is 5.82 Å². The lowest BCUT2D eigenvalue weighted by Gasteiger charge is -2.36. The number of carbonyl (C=O) groups excluding carboxylic acids is 1. The monoisotopic (exact) mass is 391 g/mol. The van der Waals surface area contributed by atoms with Crippen LogP contribution in [-0.2, 0) is 11.8 Å². The van der Waals surface area contributed by atoms with Crippen molar-refractivity contribution < 1.29 is 26.7 Å². The summed E-state index contributed by atoms with van der Waals surface area (Å²) in [7, 11) is 1.59. The highest BCUT2D eigenvalue weighted by Gasteiger charge is 2.63. The zero-order chi connectivity index (χ0) is 19.6. The molecule has 150 valence electrons. The molecule has 0 aromatic carbocycles. The Morgan fingerprint density at radius 3 is 2.30 bits per heavy atom. The van der Waals surface area contributed by atoms with Crippen LogP contribution in [0.2, 0.25) is 0 Å². The van der Waals surface area contributed by atoms with E-state index in [1.54, 1.807) is 7.05 Å². The second kappa shape index (κ2) is 5.91. The summed E-state index contributed by atoms with van der Waals surface area (Å²) in [4.78, 5) is 12.3. The predicted molar refractivity (Wildman–Crippen MR) is 87.7 cm³/mol. The Hall–Kier alpha value is -1.67. The molecule has 1 heterocycles. The smallest absolute Gasteiger partial charge is 0.311 e. The molecule has 4 rings (SSSR count). The molecule has 3 saturated carbocycles. The van der Waals surface area contributed by atoms with Crippen LogP contribution in [0, 0.1) is 5.41 Å². The first kappa shape index (κ1) is 18.7. The molecule has 3 aliphatic rings. The van der Waals surface area contributed by atoms with E-state index in [2.05, 4.69) is 10.4 Å². The van der Waals surface area contributed by atoms with Gasteiger partial charge in [-0.2, -0.15) is 18.3 Å². The van der Waals surface area contributed by atoms with Crippen molar-refractivity contribution in [3.05, 3.63) is 11.3 Å². The third kappa shape index (κ3) is 3.23. The highest BCUT2D eigenvalue weighted by atomic mass is 19.4. The topological polar surface area (TPSA) is 46.9 Å². The number of hydrogen-bond donors (Lipinski definition) is 1. The minimum Gasteiger partial charge on any atom is -0.311 e. The maximum absolute atomic E-state index is 13.3. The van der Waals surface area contributed by atoms with Crippen LogP contribution in [0.15, 0.2) is 0 Å². The molecule has 1 aromatic rings. The van der Waals surface area contributed by atoms with Crippen LogP contribution in [0.25, 0.3) is 0 Å². The molecule has 0 unspecified atom stereocenters. The normalized spacial score (nSPS) is 24.2. The molecule has 0 atom stereocenters.